The molecule has 1 aromatic carbocycles. The van der Waals surface area contributed by atoms with Gasteiger partial charge in [-0.1, -0.05) is 0 Å². The SMILES string of the molecule is Cc1c(CN)c(N)nc2ccc([N+](=O)[O-])cc12. The monoisotopic (exact) mass is 232 g/mol. The molecule has 88 valence electrons. The van der Waals surface area contributed by atoms with Gasteiger partial charge in [-0.25, -0.2) is 4.98 Å². The third-order valence-electron chi connectivity index (χ3n) is 2.80. The molecule has 0 aliphatic carbocycles. The maximum Gasteiger partial charge on any atom is 0.270 e. The van der Waals surface area contributed by atoms with Gasteiger partial charge in [0.25, 0.3) is 5.69 Å². The van der Waals surface area contributed by atoms with Gasteiger partial charge in [-0.15, -0.1) is 0 Å². The number of nitrogens with two attached hydrogens (primary N) is 2. The van der Waals surface area contributed by atoms with Gasteiger partial charge in [-0.3, -0.25) is 10.1 Å². The molecule has 17 heavy (non-hydrogen) atoms. The molecule has 2 rings (SSSR count). The number of nitrogen functional groups attached to an aromatic ring is 1. The number of non-ortho nitro benzene ring substituents is 1. The van der Waals surface area contributed by atoms with Crippen molar-refractivity contribution < 1.29 is 4.92 Å². The van der Waals surface area contributed by atoms with Crippen molar-refractivity contribution in [2.75, 3.05) is 5.73 Å². The molecule has 0 fully saturated rings. The standard InChI is InChI=1S/C11H12N4O2/c1-6-8-4-7(15(16)17)2-3-10(8)14-11(13)9(6)5-12/h2-4H,5,12H2,1H3,(H2,13,14). The zero-order valence-corrected chi connectivity index (χ0v) is 9.30. The maximum atomic E-state index is 10.7. The number of pyridine rings is 1. The minimum Gasteiger partial charge on any atom is -0.383 e. The third-order valence-corrected chi connectivity index (χ3v) is 2.80. The fourth-order valence-electron chi connectivity index (χ4n) is 1.85. The molecule has 0 aliphatic heterocycles. The van der Waals surface area contributed by atoms with E-state index in [1.165, 1.54) is 12.1 Å². The van der Waals surface area contributed by atoms with E-state index in [4.69, 9.17) is 11.5 Å². The molecule has 6 heteroatoms. The van der Waals surface area contributed by atoms with E-state index in [2.05, 4.69) is 4.98 Å². The number of hydrogen-bond donors (Lipinski definition) is 2. The predicted octanol–water partition coefficient (Wildman–Crippen LogP) is 1.49. The normalized spacial score (nSPS) is 10.7. The second-order valence-electron chi connectivity index (χ2n) is 3.76. The lowest BCUT2D eigenvalue weighted by molar-refractivity contribution is -0.384. The summed E-state index contributed by atoms with van der Waals surface area (Å²) in [7, 11) is 0. The summed E-state index contributed by atoms with van der Waals surface area (Å²) in [5.41, 5.74) is 13.6. The van der Waals surface area contributed by atoms with Crippen LogP contribution in [0, 0.1) is 17.0 Å². The van der Waals surface area contributed by atoms with Gasteiger partial charge in [0.15, 0.2) is 0 Å². The van der Waals surface area contributed by atoms with Crippen molar-refractivity contribution in [1.82, 2.24) is 4.98 Å². The van der Waals surface area contributed by atoms with Crippen molar-refractivity contribution in [2.24, 2.45) is 5.73 Å². The Morgan fingerprint density at radius 3 is 2.76 bits per heavy atom. The molecule has 0 amide bonds. The Labute approximate surface area is 97.4 Å². The lowest BCUT2D eigenvalue weighted by Gasteiger charge is -2.09. The van der Waals surface area contributed by atoms with Crippen LogP contribution in [0.1, 0.15) is 11.1 Å². The van der Waals surface area contributed by atoms with Crippen LogP contribution in [-0.4, -0.2) is 9.91 Å². The van der Waals surface area contributed by atoms with Gasteiger partial charge in [0.05, 0.1) is 10.4 Å². The number of hydrogen-bond acceptors (Lipinski definition) is 5. The Kier molecular flexibility index (Phi) is 2.64. The number of aryl methyl sites for hydroxylation is 1. The van der Waals surface area contributed by atoms with E-state index in [1.807, 2.05) is 6.92 Å². The lowest BCUT2D eigenvalue weighted by Crippen LogP contribution is -2.06. The number of nitro benzene ring substituents is 1. The second-order valence-corrected chi connectivity index (χ2v) is 3.76. The van der Waals surface area contributed by atoms with Crippen molar-refractivity contribution in [3.8, 4) is 0 Å². The molecule has 6 nitrogen and oxygen atoms in total. The Balaban J connectivity index is 2.80. The van der Waals surface area contributed by atoms with Crippen molar-refractivity contribution in [3.63, 3.8) is 0 Å². The van der Waals surface area contributed by atoms with Crippen LogP contribution in [0.25, 0.3) is 10.9 Å². The van der Waals surface area contributed by atoms with Crippen LogP contribution >= 0.6 is 0 Å². The summed E-state index contributed by atoms with van der Waals surface area (Å²) >= 11 is 0. The summed E-state index contributed by atoms with van der Waals surface area (Å²) < 4.78 is 0. The van der Waals surface area contributed by atoms with Crippen molar-refractivity contribution >= 4 is 22.4 Å². The van der Waals surface area contributed by atoms with E-state index in [0.717, 1.165) is 11.1 Å². The van der Waals surface area contributed by atoms with Crippen LogP contribution in [0.4, 0.5) is 11.5 Å². The van der Waals surface area contributed by atoms with Crippen molar-refractivity contribution in [2.45, 2.75) is 13.5 Å². The van der Waals surface area contributed by atoms with Gasteiger partial charge in [-0.05, 0) is 18.6 Å². The minimum atomic E-state index is -0.433. The molecule has 4 N–H and O–H groups in total. The summed E-state index contributed by atoms with van der Waals surface area (Å²) in [5, 5.41) is 11.4. The zero-order valence-electron chi connectivity index (χ0n) is 9.30. The first-order valence-electron chi connectivity index (χ1n) is 5.07. The van der Waals surface area contributed by atoms with Crippen LogP contribution < -0.4 is 11.5 Å². The van der Waals surface area contributed by atoms with E-state index < -0.39 is 4.92 Å². The molecule has 2 aromatic rings. The Hall–Kier alpha value is -2.21. The van der Waals surface area contributed by atoms with E-state index in [-0.39, 0.29) is 12.2 Å². The summed E-state index contributed by atoms with van der Waals surface area (Å²) in [5.74, 6) is 0.381. The minimum absolute atomic E-state index is 0.0372. The van der Waals surface area contributed by atoms with Crippen LogP contribution in [0.15, 0.2) is 18.2 Å². The van der Waals surface area contributed by atoms with Crippen LogP contribution in [-0.2, 0) is 6.54 Å². The van der Waals surface area contributed by atoms with E-state index in [9.17, 15) is 10.1 Å². The van der Waals surface area contributed by atoms with E-state index >= 15 is 0 Å². The van der Waals surface area contributed by atoms with Crippen LogP contribution in [0.5, 0.6) is 0 Å². The second kappa shape index (κ2) is 3.99. The molecule has 1 aromatic heterocycles. The molecule has 0 spiro atoms. The average Bonchev–Trinajstić information content (AvgIpc) is 2.29. The number of rotatable bonds is 2. The highest BCUT2D eigenvalue weighted by Gasteiger charge is 2.12. The van der Waals surface area contributed by atoms with Gasteiger partial charge in [0, 0.05) is 29.6 Å². The Bertz CT molecular complexity index is 610. The fourth-order valence-corrected chi connectivity index (χ4v) is 1.85. The van der Waals surface area contributed by atoms with Gasteiger partial charge in [0.1, 0.15) is 5.82 Å². The zero-order chi connectivity index (χ0) is 12.6. The quantitative estimate of drug-likeness (QED) is 0.602. The Morgan fingerprint density at radius 1 is 1.47 bits per heavy atom. The van der Waals surface area contributed by atoms with Crippen LogP contribution in [0.3, 0.4) is 0 Å². The third kappa shape index (κ3) is 1.78. The molecule has 1 heterocycles. The maximum absolute atomic E-state index is 10.7. The number of nitro groups is 1. The number of anilines is 1. The number of nitrogens with zero attached hydrogens (tertiary/aromatic N) is 2. The molecule has 0 unspecified atom stereocenters. The van der Waals surface area contributed by atoms with Crippen molar-refractivity contribution in [3.05, 3.63) is 39.4 Å². The number of aromatic nitrogens is 1. The first-order chi connectivity index (χ1) is 8.04. The summed E-state index contributed by atoms with van der Waals surface area (Å²) in [4.78, 5) is 14.5. The predicted molar refractivity (Wildman–Crippen MR) is 65.4 cm³/mol. The Morgan fingerprint density at radius 2 is 2.18 bits per heavy atom. The first-order valence-corrected chi connectivity index (χ1v) is 5.07. The van der Waals surface area contributed by atoms with E-state index in [1.54, 1.807) is 6.07 Å². The van der Waals surface area contributed by atoms with Gasteiger partial charge < -0.3 is 11.5 Å². The van der Waals surface area contributed by atoms with Gasteiger partial charge >= 0.3 is 0 Å². The number of benzene rings is 1. The largest absolute Gasteiger partial charge is 0.383 e. The van der Waals surface area contributed by atoms with Gasteiger partial charge in [-0.2, -0.15) is 0 Å². The fraction of sp³-hybridized carbons (Fsp3) is 0.182. The molecule has 0 radical (unpaired) electrons. The highest BCUT2D eigenvalue weighted by Crippen LogP contribution is 2.27. The molecule has 0 atom stereocenters. The van der Waals surface area contributed by atoms with Gasteiger partial charge in [0.2, 0.25) is 0 Å². The highest BCUT2D eigenvalue weighted by molar-refractivity contribution is 5.87. The average molecular weight is 232 g/mol. The smallest absolute Gasteiger partial charge is 0.270 e. The highest BCUT2D eigenvalue weighted by atomic mass is 16.6. The van der Waals surface area contributed by atoms with Crippen molar-refractivity contribution in [1.29, 1.82) is 0 Å². The first kappa shape index (κ1) is 11.3. The van der Waals surface area contributed by atoms with E-state index in [0.29, 0.717) is 16.7 Å². The number of fused-ring (bicyclic) bond motifs is 1. The summed E-state index contributed by atoms with van der Waals surface area (Å²) in [6.07, 6.45) is 0. The summed E-state index contributed by atoms with van der Waals surface area (Å²) in [6.45, 7) is 2.11. The molecule has 0 bridgehead atoms. The molecular weight excluding hydrogens is 220 g/mol. The topological polar surface area (TPSA) is 108 Å². The van der Waals surface area contributed by atoms with Crippen LogP contribution in [0.2, 0.25) is 0 Å². The summed E-state index contributed by atoms with van der Waals surface area (Å²) in [6, 6.07) is 4.50. The molecule has 0 saturated heterocycles. The molecular formula is C11H12N4O2. The lowest BCUT2D eigenvalue weighted by atomic mass is 10.0. The molecule has 0 aliphatic rings. The molecule has 0 saturated carbocycles.